The van der Waals surface area contributed by atoms with Crippen LogP contribution in [0.15, 0.2) is 17.4 Å². The Labute approximate surface area is 159 Å². The fraction of sp³-hybridized carbons (Fsp3) is 0.688. The Hall–Kier alpha value is -1.25. The summed E-state index contributed by atoms with van der Waals surface area (Å²) in [6.45, 7) is 3.47. The second-order valence-corrected chi connectivity index (χ2v) is 7.00. The highest BCUT2D eigenvalue weighted by Gasteiger charge is 2.29. The van der Waals surface area contributed by atoms with Gasteiger partial charge in [0, 0.05) is 38.9 Å². The molecule has 2 aliphatic rings. The van der Waals surface area contributed by atoms with Crippen molar-refractivity contribution in [3.63, 3.8) is 0 Å². The number of nitrogens with zero attached hydrogens (tertiary/aromatic N) is 4. The molecule has 1 N–H and O–H groups in total. The van der Waals surface area contributed by atoms with Gasteiger partial charge in [0.1, 0.15) is 11.9 Å². The predicted molar refractivity (Wildman–Crippen MR) is 102 cm³/mol. The van der Waals surface area contributed by atoms with Crippen molar-refractivity contribution in [2.45, 2.75) is 36.6 Å². The molecule has 0 aromatic carbocycles. The van der Waals surface area contributed by atoms with Gasteiger partial charge in [0.15, 0.2) is 5.16 Å². The molecule has 1 amide bonds. The Kier molecular flexibility index (Phi) is 7.58. The highest BCUT2D eigenvalue weighted by atomic mass is 35.5. The predicted octanol–water partition coefficient (Wildman–Crippen LogP) is 2.02. The van der Waals surface area contributed by atoms with Crippen molar-refractivity contribution in [2.24, 2.45) is 0 Å². The van der Waals surface area contributed by atoms with Gasteiger partial charge in [-0.05, 0) is 38.1 Å². The van der Waals surface area contributed by atoms with E-state index in [9.17, 15) is 4.79 Å². The van der Waals surface area contributed by atoms with Gasteiger partial charge >= 0.3 is 6.09 Å². The highest BCUT2D eigenvalue weighted by molar-refractivity contribution is 7.98. The number of thioether (sulfide) groups is 1. The van der Waals surface area contributed by atoms with Gasteiger partial charge in [0.25, 0.3) is 0 Å². The van der Waals surface area contributed by atoms with E-state index in [1.54, 1.807) is 22.9 Å². The first-order valence-corrected chi connectivity index (χ1v) is 9.66. The summed E-state index contributed by atoms with van der Waals surface area (Å²) in [5.41, 5.74) is 0. The van der Waals surface area contributed by atoms with E-state index in [1.807, 2.05) is 19.4 Å². The maximum Gasteiger partial charge on any atom is 0.410 e. The van der Waals surface area contributed by atoms with Gasteiger partial charge in [-0.3, -0.25) is 0 Å². The number of nitrogens with one attached hydrogen (secondary N) is 1. The summed E-state index contributed by atoms with van der Waals surface area (Å²) >= 11 is 1.55. The van der Waals surface area contributed by atoms with Crippen LogP contribution in [-0.4, -0.2) is 72.6 Å². The SMILES string of the molecule is CSc1nccc(N2CCC(N(C)C(=O)O[C@H]3CCNC3)CC2)n1.Cl. The molecular weight excluding hydrogens is 362 g/mol. The molecule has 1 aromatic heterocycles. The molecule has 2 saturated heterocycles. The zero-order chi connectivity index (χ0) is 16.9. The van der Waals surface area contributed by atoms with Crippen LogP contribution in [0.5, 0.6) is 0 Å². The number of hydrogen-bond donors (Lipinski definition) is 1. The van der Waals surface area contributed by atoms with Crippen molar-refractivity contribution in [3.05, 3.63) is 12.3 Å². The van der Waals surface area contributed by atoms with E-state index in [4.69, 9.17) is 4.74 Å². The number of carbonyl (C=O) groups is 1. The molecule has 1 aromatic rings. The van der Waals surface area contributed by atoms with Crippen LogP contribution in [0, 0.1) is 0 Å². The van der Waals surface area contributed by atoms with Gasteiger partial charge in [-0.15, -0.1) is 12.4 Å². The smallest absolute Gasteiger partial charge is 0.410 e. The van der Waals surface area contributed by atoms with Crippen molar-refractivity contribution in [2.75, 3.05) is 44.4 Å². The number of halogens is 1. The number of anilines is 1. The number of carbonyl (C=O) groups excluding carboxylic acids is 1. The van der Waals surface area contributed by atoms with Crippen LogP contribution in [-0.2, 0) is 4.74 Å². The maximum absolute atomic E-state index is 12.3. The summed E-state index contributed by atoms with van der Waals surface area (Å²) in [5, 5.41) is 4.01. The van der Waals surface area contributed by atoms with Gasteiger partial charge in [0.05, 0.1) is 0 Å². The molecule has 0 saturated carbocycles. The fourth-order valence-electron chi connectivity index (χ4n) is 3.19. The minimum Gasteiger partial charge on any atom is -0.445 e. The zero-order valence-electron chi connectivity index (χ0n) is 14.7. The summed E-state index contributed by atoms with van der Waals surface area (Å²) in [4.78, 5) is 25.1. The second-order valence-electron chi connectivity index (χ2n) is 6.23. The van der Waals surface area contributed by atoms with Crippen molar-refractivity contribution in [1.82, 2.24) is 20.2 Å². The van der Waals surface area contributed by atoms with E-state index in [-0.39, 0.29) is 30.6 Å². The quantitative estimate of drug-likeness (QED) is 0.626. The molecule has 3 rings (SSSR count). The van der Waals surface area contributed by atoms with Crippen molar-refractivity contribution >= 4 is 36.1 Å². The van der Waals surface area contributed by atoms with Crippen LogP contribution in [0.1, 0.15) is 19.3 Å². The molecule has 0 radical (unpaired) electrons. The molecule has 1 atom stereocenters. The lowest BCUT2D eigenvalue weighted by molar-refractivity contribution is 0.0626. The standard InChI is InChI=1S/C16H25N5O2S.ClH/c1-20(16(22)23-13-3-7-17-11-13)12-5-9-21(10-6-12)14-4-8-18-15(19-14)24-2;/h4,8,12-13,17H,3,5-7,9-11H2,1-2H3;1H/t13-;/m0./s1. The number of piperidine rings is 1. The number of rotatable bonds is 4. The van der Waals surface area contributed by atoms with E-state index >= 15 is 0 Å². The molecule has 0 bridgehead atoms. The third-order valence-corrected chi connectivity index (χ3v) is 5.27. The molecule has 0 aliphatic carbocycles. The molecule has 25 heavy (non-hydrogen) atoms. The van der Waals surface area contributed by atoms with Crippen LogP contribution in [0.25, 0.3) is 0 Å². The summed E-state index contributed by atoms with van der Waals surface area (Å²) in [5.74, 6) is 0.968. The van der Waals surface area contributed by atoms with Crippen LogP contribution in [0.3, 0.4) is 0 Å². The summed E-state index contributed by atoms with van der Waals surface area (Å²) in [6.07, 6.45) is 6.36. The third-order valence-electron chi connectivity index (χ3n) is 4.71. The summed E-state index contributed by atoms with van der Waals surface area (Å²) < 4.78 is 5.56. The first kappa shape index (κ1) is 20.1. The molecule has 3 heterocycles. The van der Waals surface area contributed by atoms with E-state index in [1.165, 1.54) is 0 Å². The molecule has 2 aliphatic heterocycles. The first-order chi connectivity index (χ1) is 11.7. The summed E-state index contributed by atoms with van der Waals surface area (Å²) in [7, 11) is 1.85. The van der Waals surface area contributed by atoms with Gasteiger partial charge in [-0.1, -0.05) is 11.8 Å². The monoisotopic (exact) mass is 387 g/mol. The average Bonchev–Trinajstić information content (AvgIpc) is 3.14. The number of ether oxygens (including phenoxy) is 1. The Morgan fingerprint density at radius 1 is 1.40 bits per heavy atom. The van der Waals surface area contributed by atoms with E-state index in [2.05, 4.69) is 20.2 Å². The Balaban J connectivity index is 0.00000225. The normalized spacial score (nSPS) is 20.9. The van der Waals surface area contributed by atoms with Crippen molar-refractivity contribution < 1.29 is 9.53 Å². The van der Waals surface area contributed by atoms with Gasteiger partial charge in [0.2, 0.25) is 0 Å². The molecule has 2 fully saturated rings. The van der Waals surface area contributed by atoms with Crippen LogP contribution in [0.2, 0.25) is 0 Å². The molecule has 7 nitrogen and oxygen atoms in total. The lowest BCUT2D eigenvalue weighted by atomic mass is 10.0. The fourth-order valence-corrected chi connectivity index (χ4v) is 3.54. The number of amides is 1. The minimum absolute atomic E-state index is 0. The van der Waals surface area contributed by atoms with Crippen LogP contribution < -0.4 is 10.2 Å². The molecule has 9 heteroatoms. The van der Waals surface area contributed by atoms with Crippen molar-refractivity contribution in [1.29, 1.82) is 0 Å². The highest BCUT2D eigenvalue weighted by Crippen LogP contribution is 2.22. The number of aromatic nitrogens is 2. The van der Waals surface area contributed by atoms with E-state index in [0.717, 1.165) is 56.4 Å². The molecule has 140 valence electrons. The minimum atomic E-state index is -0.200. The van der Waals surface area contributed by atoms with Gasteiger partial charge in [-0.25, -0.2) is 14.8 Å². The third kappa shape index (κ3) is 5.12. The molecule has 0 spiro atoms. The van der Waals surface area contributed by atoms with Gasteiger partial charge in [-0.2, -0.15) is 0 Å². The van der Waals surface area contributed by atoms with Gasteiger partial charge < -0.3 is 19.9 Å². The Bertz CT molecular complexity index is 565. The molecular formula is C16H26ClN5O2S. The Morgan fingerprint density at radius 2 is 2.16 bits per heavy atom. The molecule has 0 unspecified atom stereocenters. The summed E-state index contributed by atoms with van der Waals surface area (Å²) in [6, 6.07) is 2.18. The number of hydrogen-bond acceptors (Lipinski definition) is 7. The average molecular weight is 388 g/mol. The van der Waals surface area contributed by atoms with E-state index < -0.39 is 0 Å². The van der Waals surface area contributed by atoms with Crippen molar-refractivity contribution in [3.8, 4) is 0 Å². The van der Waals surface area contributed by atoms with Crippen LogP contribution in [0.4, 0.5) is 10.6 Å². The first-order valence-electron chi connectivity index (χ1n) is 8.43. The second kappa shape index (κ2) is 9.45. The zero-order valence-corrected chi connectivity index (χ0v) is 16.3. The topological polar surface area (TPSA) is 70.6 Å². The lowest BCUT2D eigenvalue weighted by Crippen LogP contribution is -2.46. The largest absolute Gasteiger partial charge is 0.445 e. The lowest BCUT2D eigenvalue weighted by Gasteiger charge is -2.37. The van der Waals surface area contributed by atoms with Crippen LogP contribution >= 0.6 is 24.2 Å². The maximum atomic E-state index is 12.3. The van der Waals surface area contributed by atoms with E-state index in [0.29, 0.717) is 0 Å². The Morgan fingerprint density at radius 3 is 2.80 bits per heavy atom.